The Balaban J connectivity index is 1.08. The first-order valence-corrected chi connectivity index (χ1v) is 13.5. The molecule has 2 aliphatic rings. The van der Waals surface area contributed by atoms with Crippen LogP contribution in [0.15, 0.2) is 49.2 Å². The molecule has 1 saturated heterocycles. The van der Waals surface area contributed by atoms with E-state index < -0.39 is 0 Å². The van der Waals surface area contributed by atoms with Gasteiger partial charge in [0.2, 0.25) is 0 Å². The largest absolute Gasteiger partial charge is 0.490 e. The number of nitrogens with zero attached hydrogens (tertiary/aromatic N) is 7. The van der Waals surface area contributed by atoms with Crippen molar-refractivity contribution in [1.29, 1.82) is 5.26 Å². The molecule has 0 atom stereocenters. The SMILES string of the molecule is CN(C)Cc1cc(F)cc(OC2CCN([C@H]3C[C@@](CC#N)(n4cc(-c5ncnc6[nH]ccc56)cn4)C3)CC2)c1. The summed E-state index contributed by atoms with van der Waals surface area (Å²) >= 11 is 0. The van der Waals surface area contributed by atoms with E-state index in [-0.39, 0.29) is 17.5 Å². The average Bonchev–Trinajstić information content (AvgIpc) is 3.56. The lowest BCUT2D eigenvalue weighted by molar-refractivity contribution is -0.0207. The number of rotatable bonds is 8. The van der Waals surface area contributed by atoms with Gasteiger partial charge in [-0.3, -0.25) is 9.58 Å². The molecule has 1 saturated carbocycles. The highest BCUT2D eigenvalue weighted by atomic mass is 19.1. The van der Waals surface area contributed by atoms with Crippen LogP contribution in [0, 0.1) is 17.1 Å². The van der Waals surface area contributed by atoms with Gasteiger partial charge in [-0.15, -0.1) is 0 Å². The lowest BCUT2D eigenvalue weighted by Gasteiger charge is -2.52. The van der Waals surface area contributed by atoms with Crippen molar-refractivity contribution >= 4 is 11.0 Å². The molecule has 202 valence electrons. The lowest BCUT2D eigenvalue weighted by atomic mass is 9.69. The Labute approximate surface area is 227 Å². The topological polar surface area (TPSA) is 98.9 Å². The minimum Gasteiger partial charge on any atom is -0.490 e. The number of hydrogen-bond acceptors (Lipinski definition) is 7. The normalized spacial score (nSPS) is 22.2. The second kappa shape index (κ2) is 10.4. The highest BCUT2D eigenvalue weighted by Gasteiger charge is 2.49. The van der Waals surface area contributed by atoms with Gasteiger partial charge in [0, 0.05) is 55.1 Å². The van der Waals surface area contributed by atoms with Crippen LogP contribution in [-0.4, -0.2) is 73.9 Å². The van der Waals surface area contributed by atoms with Crippen molar-refractivity contribution in [2.24, 2.45) is 0 Å². The lowest BCUT2D eigenvalue weighted by Crippen LogP contribution is -2.58. The van der Waals surface area contributed by atoms with Gasteiger partial charge in [0.25, 0.3) is 0 Å². The first-order chi connectivity index (χ1) is 18.9. The molecule has 1 aliphatic heterocycles. The third-order valence-electron chi connectivity index (χ3n) is 8.06. The first-order valence-electron chi connectivity index (χ1n) is 13.5. The maximum absolute atomic E-state index is 14.1. The number of benzene rings is 1. The van der Waals surface area contributed by atoms with Crippen LogP contribution in [0.4, 0.5) is 4.39 Å². The van der Waals surface area contributed by atoms with Crippen molar-refractivity contribution in [2.45, 2.75) is 56.3 Å². The number of piperidine rings is 1. The molecule has 4 aromatic rings. The minimum atomic E-state index is -0.306. The zero-order valence-electron chi connectivity index (χ0n) is 22.3. The number of H-pyrrole nitrogens is 1. The van der Waals surface area contributed by atoms with Crippen molar-refractivity contribution in [1.82, 2.24) is 34.5 Å². The highest BCUT2D eigenvalue weighted by molar-refractivity contribution is 5.90. The van der Waals surface area contributed by atoms with E-state index in [4.69, 9.17) is 4.74 Å². The minimum absolute atomic E-state index is 0.0750. The number of hydrogen-bond donors (Lipinski definition) is 1. The molecule has 0 bridgehead atoms. The van der Waals surface area contributed by atoms with Crippen molar-refractivity contribution in [2.75, 3.05) is 27.2 Å². The van der Waals surface area contributed by atoms with Gasteiger partial charge in [-0.1, -0.05) is 0 Å². The molecule has 1 N–H and O–H groups in total. The summed E-state index contributed by atoms with van der Waals surface area (Å²) in [5.41, 5.74) is 3.16. The van der Waals surface area contributed by atoms with E-state index >= 15 is 0 Å². The summed E-state index contributed by atoms with van der Waals surface area (Å²) in [7, 11) is 3.94. The number of halogens is 1. The van der Waals surface area contributed by atoms with E-state index in [0.29, 0.717) is 24.8 Å². The summed E-state index contributed by atoms with van der Waals surface area (Å²) in [5, 5.41) is 15.3. The van der Waals surface area contributed by atoms with Crippen LogP contribution in [0.3, 0.4) is 0 Å². The third-order valence-corrected chi connectivity index (χ3v) is 8.06. The van der Waals surface area contributed by atoms with E-state index in [1.165, 1.54) is 6.07 Å². The van der Waals surface area contributed by atoms with Crippen molar-refractivity contribution < 1.29 is 9.13 Å². The zero-order valence-corrected chi connectivity index (χ0v) is 22.3. The quantitative estimate of drug-likeness (QED) is 0.363. The maximum atomic E-state index is 14.1. The Morgan fingerprint density at radius 3 is 2.79 bits per heavy atom. The van der Waals surface area contributed by atoms with Gasteiger partial charge in [0.15, 0.2) is 0 Å². The molecule has 9 nitrogen and oxygen atoms in total. The number of nitriles is 1. The van der Waals surface area contributed by atoms with E-state index in [1.54, 1.807) is 12.4 Å². The van der Waals surface area contributed by atoms with Crippen molar-refractivity contribution in [3.05, 3.63) is 60.6 Å². The molecule has 2 fully saturated rings. The summed E-state index contributed by atoms with van der Waals surface area (Å²) in [6.07, 6.45) is 11.3. The van der Waals surface area contributed by atoms with Gasteiger partial charge in [0.1, 0.15) is 29.6 Å². The standard InChI is InChI=1S/C29H33FN8O/c1-36(2)17-20-11-22(30)13-25(12-20)39-24-4-9-37(10-5-24)23-14-29(15-23,6-7-31)38-18-21(16-35-38)27-26-3-8-32-28(26)34-19-33-27/h3,8,11-13,16,18-19,23-24H,4-6,9-10,14-15,17H2,1-2H3,(H,32,33,34)/t23-,29+. The van der Waals surface area contributed by atoms with Gasteiger partial charge >= 0.3 is 0 Å². The number of aromatic amines is 1. The second-order valence-corrected chi connectivity index (χ2v) is 11.1. The Bertz CT molecular complexity index is 1490. The fourth-order valence-corrected chi connectivity index (χ4v) is 6.14. The molecule has 10 heteroatoms. The Morgan fingerprint density at radius 1 is 1.21 bits per heavy atom. The van der Waals surface area contributed by atoms with Gasteiger partial charge in [0.05, 0.1) is 29.9 Å². The van der Waals surface area contributed by atoms with Crippen LogP contribution in [0.2, 0.25) is 0 Å². The summed E-state index contributed by atoms with van der Waals surface area (Å²) in [6, 6.07) is 9.76. The Hall–Kier alpha value is -3.81. The van der Waals surface area contributed by atoms with Crippen LogP contribution in [-0.2, 0) is 12.1 Å². The van der Waals surface area contributed by atoms with E-state index in [2.05, 4.69) is 31.0 Å². The summed E-state index contributed by atoms with van der Waals surface area (Å²) < 4.78 is 22.3. The predicted octanol–water partition coefficient (Wildman–Crippen LogP) is 4.34. The van der Waals surface area contributed by atoms with Crippen LogP contribution in [0.1, 0.15) is 37.7 Å². The molecule has 0 spiro atoms. The first kappa shape index (κ1) is 25.5. The number of likely N-dealkylation sites (tertiary alicyclic amines) is 1. The molecular weight excluding hydrogens is 495 g/mol. The zero-order chi connectivity index (χ0) is 27.0. The van der Waals surface area contributed by atoms with Gasteiger partial charge in [-0.05, 0) is 63.5 Å². The van der Waals surface area contributed by atoms with Crippen LogP contribution < -0.4 is 4.74 Å². The second-order valence-electron chi connectivity index (χ2n) is 11.1. The molecule has 6 rings (SSSR count). The van der Waals surface area contributed by atoms with E-state index in [0.717, 1.165) is 66.6 Å². The van der Waals surface area contributed by atoms with Crippen LogP contribution >= 0.6 is 0 Å². The van der Waals surface area contributed by atoms with E-state index in [9.17, 15) is 9.65 Å². The Morgan fingerprint density at radius 2 is 2.03 bits per heavy atom. The molecule has 0 radical (unpaired) electrons. The third kappa shape index (κ3) is 5.12. The van der Waals surface area contributed by atoms with Crippen LogP contribution in [0.25, 0.3) is 22.3 Å². The fraction of sp³-hybridized carbons (Fsp3) is 0.448. The molecule has 0 amide bonds. The molecule has 4 heterocycles. The predicted molar refractivity (Wildman–Crippen MR) is 145 cm³/mol. The van der Waals surface area contributed by atoms with Gasteiger partial charge < -0.3 is 14.6 Å². The number of nitrogens with one attached hydrogen (secondary N) is 1. The molecular formula is C29H33FN8O. The van der Waals surface area contributed by atoms with Crippen LogP contribution in [0.5, 0.6) is 5.75 Å². The van der Waals surface area contributed by atoms with E-state index in [1.807, 2.05) is 54.4 Å². The van der Waals surface area contributed by atoms with Crippen molar-refractivity contribution in [3.63, 3.8) is 0 Å². The summed E-state index contributed by atoms with van der Waals surface area (Å²) in [6.45, 7) is 2.52. The number of ether oxygens (including phenoxy) is 1. The number of fused-ring (bicyclic) bond motifs is 1. The highest BCUT2D eigenvalue weighted by Crippen LogP contribution is 2.45. The molecule has 1 aliphatic carbocycles. The van der Waals surface area contributed by atoms with Gasteiger partial charge in [-0.25, -0.2) is 14.4 Å². The number of aromatic nitrogens is 5. The molecule has 39 heavy (non-hydrogen) atoms. The smallest absolute Gasteiger partial charge is 0.141 e. The molecule has 3 aromatic heterocycles. The molecule has 0 unspecified atom stereocenters. The monoisotopic (exact) mass is 528 g/mol. The molecule has 1 aromatic carbocycles. The summed E-state index contributed by atoms with van der Waals surface area (Å²) in [5.74, 6) is 0.348. The van der Waals surface area contributed by atoms with Crippen molar-refractivity contribution in [3.8, 4) is 23.1 Å². The van der Waals surface area contributed by atoms with Gasteiger partial charge in [-0.2, -0.15) is 10.4 Å². The summed E-state index contributed by atoms with van der Waals surface area (Å²) in [4.78, 5) is 16.4. The fourth-order valence-electron chi connectivity index (χ4n) is 6.14. The Kier molecular flexibility index (Phi) is 6.79. The maximum Gasteiger partial charge on any atom is 0.141 e. The average molecular weight is 529 g/mol.